The fraction of sp³-hybridized carbons (Fsp3) is 0.185. The van der Waals surface area contributed by atoms with Gasteiger partial charge in [-0.1, -0.05) is 86.6 Å². The maximum absolute atomic E-state index is 11.6. The quantitative estimate of drug-likeness (QED) is 0.129. The summed E-state index contributed by atoms with van der Waals surface area (Å²) < 4.78 is 69.5. The van der Waals surface area contributed by atoms with Crippen LogP contribution in [0.4, 0.5) is 5.69 Å². The van der Waals surface area contributed by atoms with Crippen LogP contribution in [0.15, 0.2) is 88.8 Å². The summed E-state index contributed by atoms with van der Waals surface area (Å²) in [6.45, 7) is 4.24. The van der Waals surface area contributed by atoms with Gasteiger partial charge in [0.15, 0.2) is 6.29 Å². The van der Waals surface area contributed by atoms with E-state index in [2.05, 4.69) is 29.9 Å². The van der Waals surface area contributed by atoms with Gasteiger partial charge in [-0.15, -0.1) is 0 Å². The van der Waals surface area contributed by atoms with E-state index in [4.69, 9.17) is 17.2 Å². The van der Waals surface area contributed by atoms with Crippen molar-refractivity contribution in [3.05, 3.63) is 101 Å². The Bertz CT molecular complexity index is 1620. The monoisotopic (exact) mass is 644 g/mol. The van der Waals surface area contributed by atoms with Gasteiger partial charge in [-0.2, -0.15) is 4.99 Å². The van der Waals surface area contributed by atoms with E-state index < -0.39 is 36.3 Å². The summed E-state index contributed by atoms with van der Waals surface area (Å²) in [7, 11) is -10.4. The molecule has 1 aliphatic heterocycles. The molecule has 0 aliphatic carbocycles. The van der Waals surface area contributed by atoms with Crippen LogP contribution in [0.5, 0.6) is 0 Å². The third-order valence-electron chi connectivity index (χ3n) is 6.03. The van der Waals surface area contributed by atoms with Gasteiger partial charge in [0.1, 0.15) is 20.2 Å². The molecule has 6 N–H and O–H groups in total. The van der Waals surface area contributed by atoms with Gasteiger partial charge in [-0.3, -0.25) is 10.6 Å². The summed E-state index contributed by atoms with van der Waals surface area (Å²) in [4.78, 5) is 7.67. The second-order valence-electron chi connectivity index (χ2n) is 8.66. The molecule has 0 aromatic heterocycles. The predicted octanol–water partition coefficient (Wildman–Crippen LogP) is -3.89. The van der Waals surface area contributed by atoms with E-state index in [9.17, 15) is 25.9 Å². The van der Waals surface area contributed by atoms with Crippen LogP contribution in [0.3, 0.4) is 0 Å². The van der Waals surface area contributed by atoms with Crippen molar-refractivity contribution in [1.82, 2.24) is 0 Å². The van der Waals surface area contributed by atoms with Crippen molar-refractivity contribution in [2.75, 3.05) is 4.90 Å². The van der Waals surface area contributed by atoms with E-state index in [1.807, 2.05) is 12.1 Å². The number of aryl methyl sites for hydroxylation is 1. The molecule has 3 aromatic carbocycles. The van der Waals surface area contributed by atoms with Crippen molar-refractivity contribution < 1.29 is 85.1 Å². The molecular formula is C27H30N6Na2O6S2. The Balaban J connectivity index is 0.000000415. The van der Waals surface area contributed by atoms with Gasteiger partial charge in [0.2, 0.25) is 11.9 Å². The molecule has 1 aliphatic rings. The predicted molar refractivity (Wildman–Crippen MR) is 158 cm³/mol. The number of hydrogen-bond acceptors (Lipinski definition) is 12. The first-order chi connectivity index (χ1) is 19.3. The summed E-state index contributed by atoms with van der Waals surface area (Å²) in [5.74, 6) is 0.397. The zero-order valence-corrected chi connectivity index (χ0v) is 30.0. The minimum absolute atomic E-state index is 0. The van der Waals surface area contributed by atoms with E-state index >= 15 is 0 Å². The third-order valence-corrected chi connectivity index (χ3v) is 8.03. The Hall–Kier alpha value is -2.08. The van der Waals surface area contributed by atoms with E-state index in [0.29, 0.717) is 0 Å². The van der Waals surface area contributed by atoms with Gasteiger partial charge in [0.05, 0.1) is 15.5 Å². The first-order valence-corrected chi connectivity index (χ1v) is 15.2. The zero-order chi connectivity index (χ0) is 30.4. The van der Waals surface area contributed by atoms with Crippen molar-refractivity contribution in [2.45, 2.75) is 33.0 Å². The molecule has 1 heterocycles. The van der Waals surface area contributed by atoms with Crippen LogP contribution < -0.4 is 81.2 Å². The van der Waals surface area contributed by atoms with E-state index in [0.717, 1.165) is 18.5 Å². The maximum atomic E-state index is 11.6. The molecule has 0 radical (unpaired) electrons. The summed E-state index contributed by atoms with van der Waals surface area (Å²) in [6.07, 6.45) is 1.23. The maximum Gasteiger partial charge on any atom is 1.00 e. The van der Waals surface area contributed by atoms with Crippen molar-refractivity contribution in [2.24, 2.45) is 27.2 Å². The Morgan fingerprint density at radius 2 is 1.23 bits per heavy atom. The summed E-state index contributed by atoms with van der Waals surface area (Å²) in [6, 6.07) is 19.9. The van der Waals surface area contributed by atoms with Crippen LogP contribution >= 0.6 is 0 Å². The summed E-state index contributed by atoms with van der Waals surface area (Å²) in [5, 5.41) is 0. The largest absolute Gasteiger partial charge is 1.00 e. The first-order valence-electron chi connectivity index (χ1n) is 12.4. The second kappa shape index (κ2) is 16.8. The van der Waals surface area contributed by atoms with Crippen molar-refractivity contribution >= 4 is 47.7 Å². The molecule has 1 unspecified atom stereocenters. The molecule has 0 saturated heterocycles. The molecule has 43 heavy (non-hydrogen) atoms. The number of anilines is 1. The van der Waals surface area contributed by atoms with Crippen molar-refractivity contribution in [1.29, 1.82) is 0 Å². The molecule has 0 bridgehead atoms. The average molecular weight is 645 g/mol. The molecule has 0 amide bonds. The average Bonchev–Trinajstić information content (AvgIpc) is 2.91. The Morgan fingerprint density at radius 1 is 0.767 bits per heavy atom. The van der Waals surface area contributed by atoms with Crippen molar-refractivity contribution in [3.8, 4) is 0 Å². The zero-order valence-electron chi connectivity index (χ0n) is 24.3. The van der Waals surface area contributed by atoms with Gasteiger partial charge in [0.25, 0.3) is 0 Å². The van der Waals surface area contributed by atoms with Crippen LogP contribution in [-0.2, 0) is 33.1 Å². The molecule has 3 aromatic rings. The third kappa shape index (κ3) is 9.96. The van der Waals surface area contributed by atoms with Gasteiger partial charge >= 0.3 is 59.1 Å². The van der Waals surface area contributed by atoms with Crippen LogP contribution in [0.25, 0.3) is 9.81 Å². The minimum atomic E-state index is -5.20. The summed E-state index contributed by atoms with van der Waals surface area (Å²) in [5.41, 5.74) is 20.6. The second-order valence-corrected chi connectivity index (χ2v) is 11.3. The van der Waals surface area contributed by atoms with Gasteiger partial charge in [-0.05, 0) is 41.2 Å². The number of nitrogens with zero attached hydrogens (tertiary/aromatic N) is 3. The molecular weight excluding hydrogens is 614 g/mol. The fourth-order valence-corrected chi connectivity index (χ4v) is 6.49. The van der Waals surface area contributed by atoms with Gasteiger partial charge in [0, 0.05) is 0 Å². The van der Waals surface area contributed by atoms with Crippen LogP contribution in [0.2, 0.25) is 0 Å². The number of hydrogen-bond donors (Lipinski definition) is 3. The molecule has 4 rings (SSSR count). The number of nitrogens with two attached hydrogens (primary N) is 3. The van der Waals surface area contributed by atoms with Crippen LogP contribution in [-0.4, -0.2) is 44.1 Å². The topological polar surface area (TPSA) is 220 Å². The Morgan fingerprint density at radius 3 is 1.60 bits per heavy atom. The molecule has 218 valence electrons. The van der Waals surface area contributed by atoms with E-state index in [-0.39, 0.29) is 82.2 Å². The van der Waals surface area contributed by atoms with Crippen molar-refractivity contribution in [3.63, 3.8) is 0 Å². The normalized spacial score (nSPS) is 15.4. The molecule has 12 nitrogen and oxygen atoms in total. The smallest absolute Gasteiger partial charge is 0.744 e. The van der Waals surface area contributed by atoms with Crippen LogP contribution in [0, 0.1) is 0 Å². The van der Waals surface area contributed by atoms with E-state index in [1.54, 1.807) is 17.0 Å². The number of guanidine groups is 2. The fourth-order valence-electron chi connectivity index (χ4n) is 4.34. The Kier molecular flexibility index (Phi) is 15.3. The molecule has 0 spiro atoms. The van der Waals surface area contributed by atoms with E-state index in [1.165, 1.54) is 59.7 Å². The summed E-state index contributed by atoms with van der Waals surface area (Å²) >= 11 is 0. The van der Waals surface area contributed by atoms with Gasteiger partial charge < -0.3 is 20.6 Å². The Labute approximate surface area is 296 Å². The molecule has 0 saturated carbocycles. The minimum Gasteiger partial charge on any atom is -0.744 e. The molecule has 16 heteroatoms. The molecule has 1 atom stereocenters. The standard InChI is InChI=1S/C14H12O6S2.C13H20N6.2Na/c15-21(16,17)13(11-7-3-1-4-8-11)14(22(18,19)20)12-9-5-2-6-10-12;1-3-8-6-5-7-10(9(8)4-2)19-12(15)17-11(14)18-13(19)16;;/h1-10H,(H,15,16,17)(H,18,19,20);5-7,12H,3-4,15H2,1-2H3,(H4,14,16,17,18);;/q;;2*+1/p-2. The molecule has 0 fully saturated rings. The number of rotatable bonds is 7. The SMILES string of the molecule is CCc1cccc(N2C(N)=NC(N)=NC2N)c1CC.O=S(=O)([O-])C(=C(c1ccccc1)S(=O)(=O)[O-])c1ccccc1.[Na+].[Na+]. The van der Waals surface area contributed by atoms with Gasteiger partial charge in [-0.25, -0.2) is 21.8 Å². The number of benzene rings is 3. The number of aliphatic imine (C=N–C) groups is 2. The van der Waals surface area contributed by atoms with Crippen LogP contribution in [0.1, 0.15) is 36.1 Å². The first kappa shape index (κ1) is 38.9.